The van der Waals surface area contributed by atoms with Crippen molar-refractivity contribution in [1.29, 1.82) is 0 Å². The Balaban J connectivity index is 1.96. The Bertz CT molecular complexity index is 298. The minimum absolute atomic E-state index is 0.366. The number of nitrogens with one attached hydrogen (secondary N) is 1. The molecule has 0 radical (unpaired) electrons. The third kappa shape index (κ3) is 3.52. The summed E-state index contributed by atoms with van der Waals surface area (Å²) < 4.78 is 0. The lowest BCUT2D eigenvalue weighted by Crippen LogP contribution is -2.68. The van der Waals surface area contributed by atoms with Crippen LogP contribution in [-0.2, 0) is 0 Å². The van der Waals surface area contributed by atoms with Crippen LogP contribution in [0.1, 0.15) is 66.7 Å². The van der Waals surface area contributed by atoms with Gasteiger partial charge in [0.05, 0.1) is 0 Å². The molecule has 2 heteroatoms. The highest BCUT2D eigenvalue weighted by Gasteiger charge is 2.48. The molecule has 0 spiro atoms. The van der Waals surface area contributed by atoms with Crippen LogP contribution in [0.4, 0.5) is 0 Å². The minimum atomic E-state index is 0.366. The van der Waals surface area contributed by atoms with Gasteiger partial charge < -0.3 is 5.32 Å². The van der Waals surface area contributed by atoms with Gasteiger partial charge in [-0.3, -0.25) is 4.90 Å². The Morgan fingerprint density at radius 1 is 1.26 bits per heavy atom. The van der Waals surface area contributed by atoms with Gasteiger partial charge in [-0.15, -0.1) is 0 Å². The van der Waals surface area contributed by atoms with Crippen LogP contribution < -0.4 is 5.32 Å². The molecule has 2 rings (SSSR count). The molecule has 2 nitrogen and oxygen atoms in total. The van der Waals surface area contributed by atoms with E-state index in [2.05, 4.69) is 44.8 Å². The van der Waals surface area contributed by atoms with Crippen LogP contribution in [0.5, 0.6) is 0 Å². The molecule has 0 aromatic heterocycles. The van der Waals surface area contributed by atoms with Gasteiger partial charge in [0, 0.05) is 24.2 Å². The van der Waals surface area contributed by atoms with E-state index >= 15 is 0 Å². The minimum Gasteiger partial charge on any atom is -0.308 e. The number of hydrogen-bond acceptors (Lipinski definition) is 2. The summed E-state index contributed by atoms with van der Waals surface area (Å²) in [7, 11) is 0. The van der Waals surface area contributed by atoms with Crippen LogP contribution in [0, 0.1) is 11.8 Å². The maximum Gasteiger partial charge on any atom is 0.0309 e. The maximum atomic E-state index is 3.89. The van der Waals surface area contributed by atoms with Gasteiger partial charge in [-0.2, -0.15) is 0 Å². The second-order valence-corrected chi connectivity index (χ2v) is 7.85. The summed E-state index contributed by atoms with van der Waals surface area (Å²) in [4.78, 5) is 2.80. The molecular formula is C17H34N2. The van der Waals surface area contributed by atoms with Crippen molar-refractivity contribution >= 4 is 0 Å². The Morgan fingerprint density at radius 3 is 2.47 bits per heavy atom. The van der Waals surface area contributed by atoms with E-state index in [1.54, 1.807) is 0 Å². The summed E-state index contributed by atoms with van der Waals surface area (Å²) in [5.41, 5.74) is 0.748. The lowest BCUT2D eigenvalue weighted by atomic mass is 9.84. The molecule has 1 heterocycles. The fourth-order valence-corrected chi connectivity index (χ4v) is 3.53. The van der Waals surface area contributed by atoms with Crippen molar-refractivity contribution in [3.8, 4) is 0 Å². The van der Waals surface area contributed by atoms with Crippen molar-refractivity contribution in [1.82, 2.24) is 10.2 Å². The molecule has 2 atom stereocenters. The van der Waals surface area contributed by atoms with Gasteiger partial charge in [0.25, 0.3) is 0 Å². The molecule has 112 valence electrons. The molecule has 19 heavy (non-hydrogen) atoms. The molecule has 0 aromatic rings. The van der Waals surface area contributed by atoms with E-state index < -0.39 is 0 Å². The SMILES string of the molecule is CCC1(C)CNC(C)(C2CC2)CN1CCCC(C)C. The van der Waals surface area contributed by atoms with Gasteiger partial charge in [-0.25, -0.2) is 0 Å². The van der Waals surface area contributed by atoms with Crippen LogP contribution in [0.15, 0.2) is 0 Å². The van der Waals surface area contributed by atoms with E-state index in [0.717, 1.165) is 18.4 Å². The van der Waals surface area contributed by atoms with E-state index in [0.29, 0.717) is 11.1 Å². The van der Waals surface area contributed by atoms with E-state index in [4.69, 9.17) is 0 Å². The van der Waals surface area contributed by atoms with E-state index in [-0.39, 0.29) is 0 Å². The number of rotatable bonds is 6. The number of hydrogen-bond donors (Lipinski definition) is 1. The van der Waals surface area contributed by atoms with Gasteiger partial charge in [0.15, 0.2) is 0 Å². The third-order valence-electron chi connectivity index (χ3n) is 5.61. The van der Waals surface area contributed by atoms with Crippen molar-refractivity contribution in [3.05, 3.63) is 0 Å². The molecule has 2 aliphatic rings. The lowest BCUT2D eigenvalue weighted by molar-refractivity contribution is 0.00907. The van der Waals surface area contributed by atoms with Crippen molar-refractivity contribution in [2.24, 2.45) is 11.8 Å². The van der Waals surface area contributed by atoms with Gasteiger partial charge in [0.1, 0.15) is 0 Å². The second kappa shape index (κ2) is 5.73. The highest BCUT2D eigenvalue weighted by molar-refractivity contribution is 5.07. The molecule has 1 N–H and O–H groups in total. The first-order chi connectivity index (χ1) is 8.89. The Hall–Kier alpha value is -0.0800. The first kappa shape index (κ1) is 15.3. The van der Waals surface area contributed by atoms with Crippen molar-refractivity contribution < 1.29 is 0 Å². The Morgan fingerprint density at radius 2 is 1.95 bits per heavy atom. The zero-order chi connectivity index (χ0) is 14.1. The number of nitrogens with zero attached hydrogens (tertiary/aromatic N) is 1. The van der Waals surface area contributed by atoms with Crippen LogP contribution in [0.3, 0.4) is 0 Å². The monoisotopic (exact) mass is 266 g/mol. The third-order valence-corrected chi connectivity index (χ3v) is 5.61. The average molecular weight is 266 g/mol. The van der Waals surface area contributed by atoms with E-state index in [1.165, 1.54) is 45.2 Å². The van der Waals surface area contributed by atoms with Crippen LogP contribution in [0.25, 0.3) is 0 Å². The molecular weight excluding hydrogens is 232 g/mol. The molecule has 0 bridgehead atoms. The highest BCUT2D eigenvalue weighted by atomic mass is 15.3. The Kier molecular flexibility index (Phi) is 4.62. The molecule has 2 unspecified atom stereocenters. The summed E-state index contributed by atoms with van der Waals surface area (Å²) in [5.74, 6) is 1.77. The zero-order valence-corrected chi connectivity index (χ0v) is 13.8. The van der Waals surface area contributed by atoms with Crippen LogP contribution in [0.2, 0.25) is 0 Å². The maximum absolute atomic E-state index is 3.89. The molecule has 1 saturated carbocycles. The quantitative estimate of drug-likeness (QED) is 0.789. The van der Waals surface area contributed by atoms with Crippen molar-refractivity contribution in [3.63, 3.8) is 0 Å². The lowest BCUT2D eigenvalue weighted by Gasteiger charge is -2.52. The standard InChI is InChI=1S/C17H34N2/c1-6-16(4)12-18-17(5,15-9-10-15)13-19(16)11-7-8-14(2)3/h14-15,18H,6-13H2,1-5H3. The topological polar surface area (TPSA) is 15.3 Å². The molecule has 1 aliphatic carbocycles. The van der Waals surface area contributed by atoms with Crippen molar-refractivity contribution in [2.45, 2.75) is 77.8 Å². The Labute approximate surface area is 120 Å². The van der Waals surface area contributed by atoms with Gasteiger partial charge in [0.2, 0.25) is 0 Å². The summed E-state index contributed by atoms with van der Waals surface area (Å²) in [6.07, 6.45) is 6.85. The number of piperazine rings is 1. The predicted octanol–water partition coefficient (Wildman–Crippen LogP) is 3.67. The second-order valence-electron chi connectivity index (χ2n) is 7.85. The summed E-state index contributed by atoms with van der Waals surface area (Å²) >= 11 is 0. The normalized spacial score (nSPS) is 36.9. The summed E-state index contributed by atoms with van der Waals surface area (Å²) in [6.45, 7) is 15.6. The first-order valence-corrected chi connectivity index (χ1v) is 8.40. The highest BCUT2D eigenvalue weighted by Crippen LogP contribution is 2.43. The molecule has 1 saturated heterocycles. The zero-order valence-electron chi connectivity index (χ0n) is 13.8. The molecule has 2 fully saturated rings. The van der Waals surface area contributed by atoms with Crippen LogP contribution >= 0.6 is 0 Å². The summed E-state index contributed by atoms with van der Waals surface area (Å²) in [5, 5.41) is 3.89. The fraction of sp³-hybridized carbons (Fsp3) is 1.00. The predicted molar refractivity (Wildman–Crippen MR) is 83.5 cm³/mol. The van der Waals surface area contributed by atoms with Gasteiger partial charge >= 0.3 is 0 Å². The van der Waals surface area contributed by atoms with Gasteiger partial charge in [-0.1, -0.05) is 20.8 Å². The largest absolute Gasteiger partial charge is 0.308 e. The smallest absolute Gasteiger partial charge is 0.0309 e. The average Bonchev–Trinajstić information content (AvgIpc) is 3.18. The molecule has 1 aliphatic heterocycles. The fourth-order valence-electron chi connectivity index (χ4n) is 3.53. The molecule has 0 amide bonds. The summed E-state index contributed by atoms with van der Waals surface area (Å²) in [6, 6.07) is 0. The van der Waals surface area contributed by atoms with E-state index in [1.807, 2.05) is 0 Å². The first-order valence-electron chi connectivity index (χ1n) is 8.40. The van der Waals surface area contributed by atoms with Crippen LogP contribution in [-0.4, -0.2) is 35.6 Å². The van der Waals surface area contributed by atoms with Crippen molar-refractivity contribution in [2.75, 3.05) is 19.6 Å². The molecule has 0 aromatic carbocycles. The van der Waals surface area contributed by atoms with E-state index in [9.17, 15) is 0 Å². The van der Waals surface area contributed by atoms with Gasteiger partial charge in [-0.05, 0) is 64.3 Å².